The van der Waals surface area contributed by atoms with Crippen LogP contribution in [0.25, 0.3) is 0 Å². The molecule has 2 amide bonds. The molecule has 0 saturated carbocycles. The number of nitrogens with zero attached hydrogens (tertiary/aromatic N) is 1. The van der Waals surface area contributed by atoms with Crippen LogP contribution in [0.4, 0.5) is 23.7 Å². The van der Waals surface area contributed by atoms with Gasteiger partial charge in [0.25, 0.3) is 0 Å². The lowest BCUT2D eigenvalue weighted by Crippen LogP contribution is -2.39. The maximum absolute atomic E-state index is 13.0. The molecule has 0 unspecified atom stereocenters. The third-order valence-corrected chi connectivity index (χ3v) is 5.22. The summed E-state index contributed by atoms with van der Waals surface area (Å²) in [6.45, 7) is 0.988. The van der Waals surface area contributed by atoms with E-state index in [-0.39, 0.29) is 30.6 Å². The van der Waals surface area contributed by atoms with E-state index >= 15 is 0 Å². The number of hydrogen-bond donors (Lipinski definition) is 1. The van der Waals surface area contributed by atoms with Crippen LogP contribution in [0.3, 0.4) is 0 Å². The first-order valence-electron chi connectivity index (χ1n) is 9.83. The molecule has 1 saturated heterocycles. The fourth-order valence-electron chi connectivity index (χ4n) is 3.27. The number of halogens is 3. The van der Waals surface area contributed by atoms with E-state index in [1.165, 1.54) is 29.2 Å². The third kappa shape index (κ3) is 7.13. The zero-order chi connectivity index (χ0) is 23.4. The summed E-state index contributed by atoms with van der Waals surface area (Å²) in [5, 5.41) is 2.52. The average molecular weight is 472 g/mol. The Morgan fingerprint density at radius 1 is 1.22 bits per heavy atom. The molecule has 1 atom stereocenters. The van der Waals surface area contributed by atoms with E-state index in [1.54, 1.807) is 12.1 Å². The monoisotopic (exact) mass is 472 g/mol. The molecule has 0 aliphatic carbocycles. The molecule has 1 heterocycles. The first kappa shape index (κ1) is 23.9. The van der Waals surface area contributed by atoms with E-state index in [9.17, 15) is 26.4 Å². The van der Waals surface area contributed by atoms with Crippen molar-refractivity contribution in [2.45, 2.75) is 31.7 Å². The number of anilines is 1. The zero-order valence-electron chi connectivity index (χ0n) is 17.3. The smallest absolute Gasteiger partial charge is 0.383 e. The average Bonchev–Trinajstić information content (AvgIpc) is 3.20. The summed E-state index contributed by atoms with van der Waals surface area (Å²) in [5.74, 6) is 0.135. The van der Waals surface area contributed by atoms with Crippen LogP contribution in [0, 0.1) is 0 Å². The van der Waals surface area contributed by atoms with Crippen molar-refractivity contribution in [1.29, 1.82) is 0 Å². The highest BCUT2D eigenvalue weighted by atomic mass is 32.2. The summed E-state index contributed by atoms with van der Waals surface area (Å²) in [5.41, 5.74) is -0.149. The lowest BCUT2D eigenvalue weighted by molar-refractivity contribution is -0.137. The van der Waals surface area contributed by atoms with E-state index in [0.717, 1.165) is 31.2 Å². The third-order valence-electron chi connectivity index (χ3n) is 4.72. The van der Waals surface area contributed by atoms with E-state index in [2.05, 4.69) is 5.32 Å². The summed E-state index contributed by atoms with van der Waals surface area (Å²) in [7, 11) is -3.66. The van der Waals surface area contributed by atoms with Crippen LogP contribution >= 0.6 is 0 Å². The molecule has 174 valence electrons. The Hall–Kier alpha value is -2.79. The lowest BCUT2D eigenvalue weighted by Gasteiger charge is -2.26. The molecule has 1 N–H and O–H groups in total. The number of hydrogen-bond acceptors (Lipinski definition) is 5. The predicted molar refractivity (Wildman–Crippen MR) is 112 cm³/mol. The Labute approximate surface area is 184 Å². The second-order valence-corrected chi connectivity index (χ2v) is 9.03. The van der Waals surface area contributed by atoms with E-state index < -0.39 is 27.9 Å². The minimum Gasteiger partial charge on any atom is -0.383 e. The topological polar surface area (TPSA) is 84.9 Å². The Morgan fingerprint density at radius 3 is 2.53 bits per heavy atom. The maximum atomic E-state index is 13.0. The van der Waals surface area contributed by atoms with Gasteiger partial charge in [-0.25, -0.2) is 4.79 Å². The highest BCUT2D eigenvalue weighted by Crippen LogP contribution is 2.30. The lowest BCUT2D eigenvalue weighted by atomic mass is 10.1. The maximum Gasteiger partial charge on any atom is 0.416 e. The summed E-state index contributed by atoms with van der Waals surface area (Å²) in [6.07, 6.45) is -2.12. The van der Waals surface area contributed by atoms with Gasteiger partial charge in [0.05, 0.1) is 17.9 Å². The quantitative estimate of drug-likeness (QED) is 0.609. The van der Waals surface area contributed by atoms with Gasteiger partial charge in [-0.1, -0.05) is 18.2 Å². The standard InChI is InChI=1S/C21H23F3N2O5S/c1-32(28,29)31-18-9-7-15(8-10-18)13-26(14-19-6-3-11-30-19)20(27)25-17-5-2-4-16(12-17)21(22,23)24/h2,4-5,7-10,12,19H,3,6,11,13-14H2,1H3,(H,25,27)/t19-/m0/s1. The summed E-state index contributed by atoms with van der Waals surface area (Å²) in [6, 6.07) is 9.99. The molecule has 3 rings (SSSR count). The van der Waals surface area contributed by atoms with Crippen molar-refractivity contribution < 1.29 is 35.3 Å². The predicted octanol–water partition coefficient (Wildman–Crippen LogP) is 4.26. The minimum absolute atomic E-state index is 0.0269. The summed E-state index contributed by atoms with van der Waals surface area (Å²) in [4.78, 5) is 14.3. The van der Waals surface area contributed by atoms with Gasteiger partial charge in [0.1, 0.15) is 5.75 Å². The molecule has 7 nitrogen and oxygen atoms in total. The zero-order valence-corrected chi connectivity index (χ0v) is 18.1. The molecule has 1 aliphatic heterocycles. The molecule has 32 heavy (non-hydrogen) atoms. The Balaban J connectivity index is 1.74. The minimum atomic E-state index is -4.52. The van der Waals surface area contributed by atoms with Gasteiger partial charge in [0.15, 0.2) is 0 Å². The van der Waals surface area contributed by atoms with Gasteiger partial charge < -0.3 is 19.1 Å². The number of rotatable bonds is 7. The molecule has 1 aliphatic rings. The molecule has 0 aromatic heterocycles. The van der Waals surface area contributed by atoms with Gasteiger partial charge in [-0.15, -0.1) is 0 Å². The number of benzene rings is 2. The highest BCUT2D eigenvalue weighted by Gasteiger charge is 2.31. The van der Waals surface area contributed by atoms with Crippen LogP contribution < -0.4 is 9.50 Å². The van der Waals surface area contributed by atoms with Crippen molar-refractivity contribution in [2.75, 3.05) is 24.7 Å². The molecule has 0 radical (unpaired) electrons. The number of urea groups is 1. The number of ether oxygens (including phenoxy) is 1. The second kappa shape index (κ2) is 9.78. The number of carbonyl (C=O) groups is 1. The first-order valence-corrected chi connectivity index (χ1v) is 11.6. The van der Waals surface area contributed by atoms with Crippen LogP contribution in [0.5, 0.6) is 5.75 Å². The van der Waals surface area contributed by atoms with Crippen LogP contribution in [0.1, 0.15) is 24.0 Å². The molecule has 2 aromatic rings. The fourth-order valence-corrected chi connectivity index (χ4v) is 3.74. The van der Waals surface area contributed by atoms with Gasteiger partial charge in [-0.2, -0.15) is 21.6 Å². The molecule has 0 spiro atoms. The fraction of sp³-hybridized carbons (Fsp3) is 0.381. The van der Waals surface area contributed by atoms with Crippen LogP contribution in [-0.2, 0) is 27.6 Å². The van der Waals surface area contributed by atoms with Gasteiger partial charge in [0.2, 0.25) is 0 Å². The number of alkyl halides is 3. The Kier molecular flexibility index (Phi) is 7.29. The molecule has 11 heteroatoms. The molecule has 1 fully saturated rings. The van der Waals surface area contributed by atoms with Gasteiger partial charge in [-0.05, 0) is 48.7 Å². The van der Waals surface area contributed by atoms with Gasteiger partial charge in [-0.3, -0.25) is 0 Å². The van der Waals surface area contributed by atoms with E-state index in [1.807, 2.05) is 0 Å². The van der Waals surface area contributed by atoms with Gasteiger partial charge in [0, 0.05) is 25.4 Å². The van der Waals surface area contributed by atoms with Crippen LogP contribution in [0.15, 0.2) is 48.5 Å². The first-order chi connectivity index (χ1) is 15.0. The largest absolute Gasteiger partial charge is 0.416 e. The number of amides is 2. The van der Waals surface area contributed by atoms with E-state index in [0.29, 0.717) is 12.2 Å². The normalized spacial score (nSPS) is 16.6. The van der Waals surface area contributed by atoms with Crippen molar-refractivity contribution >= 4 is 21.8 Å². The van der Waals surface area contributed by atoms with Crippen LogP contribution in [-0.4, -0.2) is 44.9 Å². The summed E-state index contributed by atoms with van der Waals surface area (Å²) < 4.78 is 71.8. The number of nitrogens with one attached hydrogen (secondary N) is 1. The van der Waals surface area contributed by atoms with Crippen molar-refractivity contribution in [3.63, 3.8) is 0 Å². The molecule has 2 aromatic carbocycles. The second-order valence-electron chi connectivity index (χ2n) is 7.46. The SMILES string of the molecule is CS(=O)(=O)Oc1ccc(CN(C[C@@H]2CCCO2)C(=O)Nc2cccc(C(F)(F)F)c2)cc1. The number of carbonyl (C=O) groups excluding carboxylic acids is 1. The van der Waals surface area contributed by atoms with Gasteiger partial charge >= 0.3 is 22.3 Å². The Bertz CT molecular complexity index is 1040. The molecular weight excluding hydrogens is 449 g/mol. The molecular formula is C21H23F3N2O5S. The van der Waals surface area contributed by atoms with Crippen molar-refractivity contribution in [2.24, 2.45) is 0 Å². The van der Waals surface area contributed by atoms with Crippen molar-refractivity contribution in [3.8, 4) is 5.75 Å². The van der Waals surface area contributed by atoms with E-state index in [4.69, 9.17) is 8.92 Å². The Morgan fingerprint density at radius 2 is 1.94 bits per heavy atom. The highest BCUT2D eigenvalue weighted by molar-refractivity contribution is 7.86. The molecule has 0 bridgehead atoms. The summed E-state index contributed by atoms with van der Waals surface area (Å²) >= 11 is 0. The van der Waals surface area contributed by atoms with Crippen molar-refractivity contribution in [1.82, 2.24) is 4.90 Å². The van der Waals surface area contributed by atoms with Crippen molar-refractivity contribution in [3.05, 3.63) is 59.7 Å². The van der Waals surface area contributed by atoms with Crippen LogP contribution in [0.2, 0.25) is 0 Å².